The van der Waals surface area contributed by atoms with Gasteiger partial charge in [0, 0.05) is 6.20 Å². The summed E-state index contributed by atoms with van der Waals surface area (Å²) in [6.07, 6.45) is -2.91. The van der Waals surface area contributed by atoms with Crippen LogP contribution in [0.2, 0.25) is 0 Å². The monoisotopic (exact) mass is 305 g/mol. The number of aliphatic hydroxyl groups excluding tert-OH is 1. The highest BCUT2D eigenvalue weighted by molar-refractivity contribution is 7.47. The summed E-state index contributed by atoms with van der Waals surface area (Å²) in [5.41, 5.74) is 4.66. The van der Waals surface area contributed by atoms with Gasteiger partial charge < -0.3 is 20.5 Å². The van der Waals surface area contributed by atoms with E-state index < -0.39 is 38.1 Å². The van der Waals surface area contributed by atoms with Crippen molar-refractivity contribution in [3.05, 3.63) is 22.7 Å². The number of nitrogens with two attached hydrogens (primary N) is 1. The van der Waals surface area contributed by atoms with E-state index in [4.69, 9.17) is 15.0 Å². The van der Waals surface area contributed by atoms with Gasteiger partial charge in [-0.25, -0.2) is 9.36 Å². The van der Waals surface area contributed by atoms with E-state index in [9.17, 15) is 19.4 Å². The largest absolute Gasteiger partial charge is 0.472 e. The molecule has 110 valence electrons. The zero-order valence-corrected chi connectivity index (χ0v) is 10.9. The summed E-state index contributed by atoms with van der Waals surface area (Å²) >= 11 is 0. The second-order valence-corrected chi connectivity index (χ2v) is 5.84. The molecule has 2 saturated heterocycles. The number of anilines is 1. The molecular formula is C9H12N3O7P. The van der Waals surface area contributed by atoms with Crippen LogP contribution >= 0.6 is 7.82 Å². The topological polar surface area (TPSA) is 146 Å². The maximum absolute atomic E-state index is 11.7. The zero-order chi connectivity index (χ0) is 14.5. The molecule has 0 saturated carbocycles. The number of nitrogens with zero attached hydrogens (tertiary/aromatic N) is 2. The molecule has 0 spiro atoms. The number of phosphoric acid groups is 1. The normalized spacial score (nSPS) is 40.5. The molecule has 11 heteroatoms. The van der Waals surface area contributed by atoms with E-state index in [0.717, 1.165) is 4.57 Å². The molecule has 1 aromatic heterocycles. The lowest BCUT2D eigenvalue weighted by Gasteiger charge is -2.27. The summed E-state index contributed by atoms with van der Waals surface area (Å²) in [5, 5.41) is 10.1. The van der Waals surface area contributed by atoms with Crippen molar-refractivity contribution in [2.45, 2.75) is 24.5 Å². The molecule has 3 heterocycles. The Kier molecular flexibility index (Phi) is 3.16. The first-order valence-corrected chi connectivity index (χ1v) is 7.21. The second-order valence-electron chi connectivity index (χ2n) is 4.43. The van der Waals surface area contributed by atoms with E-state index in [1.54, 1.807) is 0 Å². The Bertz CT molecular complexity index is 634. The van der Waals surface area contributed by atoms with Crippen molar-refractivity contribution in [3.8, 4) is 0 Å². The highest BCUT2D eigenvalue weighted by Crippen LogP contribution is 2.52. The number of aliphatic hydroxyl groups is 1. The summed E-state index contributed by atoms with van der Waals surface area (Å²) in [4.78, 5) is 24.5. The van der Waals surface area contributed by atoms with Crippen LogP contribution in [0.15, 0.2) is 17.1 Å². The molecule has 0 amide bonds. The fraction of sp³-hybridized carbons (Fsp3) is 0.556. The Labute approximate surface area is 112 Å². The van der Waals surface area contributed by atoms with Gasteiger partial charge in [-0.3, -0.25) is 13.6 Å². The van der Waals surface area contributed by atoms with Gasteiger partial charge in [-0.1, -0.05) is 0 Å². The van der Waals surface area contributed by atoms with Crippen LogP contribution in [0, 0.1) is 0 Å². The minimum Gasteiger partial charge on any atom is -0.386 e. The van der Waals surface area contributed by atoms with Crippen LogP contribution in [0.25, 0.3) is 0 Å². The number of hydrogen-bond acceptors (Lipinski definition) is 8. The standard InChI is InChI=1S/C9H12N3O7P/c10-5-1-2-12(9(14)11-5)8-6(13)7-4(18-8)3-17-20(15,16)19-7/h1-2,4,6-8,13H,3H2,(H,15,16)(H2,10,11,14)/t4?,6-,7?,8+/m0/s1. The van der Waals surface area contributed by atoms with E-state index >= 15 is 0 Å². The first kappa shape index (κ1) is 13.7. The van der Waals surface area contributed by atoms with Crippen molar-refractivity contribution in [3.63, 3.8) is 0 Å². The van der Waals surface area contributed by atoms with E-state index in [1.807, 2.05) is 0 Å². The van der Waals surface area contributed by atoms with Gasteiger partial charge in [0.05, 0.1) is 6.61 Å². The minimum absolute atomic E-state index is 0.0376. The quantitative estimate of drug-likeness (QED) is 0.533. The molecule has 4 N–H and O–H groups in total. The molecule has 0 aliphatic carbocycles. The molecule has 2 aliphatic rings. The lowest BCUT2D eigenvalue weighted by atomic mass is 10.1. The van der Waals surface area contributed by atoms with E-state index in [0.29, 0.717) is 0 Å². The fourth-order valence-electron chi connectivity index (χ4n) is 2.19. The van der Waals surface area contributed by atoms with Crippen molar-refractivity contribution in [2.75, 3.05) is 12.3 Å². The van der Waals surface area contributed by atoms with E-state index in [2.05, 4.69) is 9.51 Å². The van der Waals surface area contributed by atoms with Gasteiger partial charge in [0.1, 0.15) is 24.1 Å². The zero-order valence-electron chi connectivity index (χ0n) is 10.0. The number of aromatic nitrogens is 2. The van der Waals surface area contributed by atoms with Gasteiger partial charge >= 0.3 is 13.5 Å². The number of ether oxygens (including phenoxy) is 1. The predicted octanol–water partition coefficient (Wildman–Crippen LogP) is -1.40. The van der Waals surface area contributed by atoms with Gasteiger partial charge in [-0.05, 0) is 6.07 Å². The van der Waals surface area contributed by atoms with Crippen LogP contribution in [0.5, 0.6) is 0 Å². The van der Waals surface area contributed by atoms with Gasteiger partial charge in [0.15, 0.2) is 6.23 Å². The van der Waals surface area contributed by atoms with Crippen LogP contribution in [0.1, 0.15) is 6.23 Å². The van der Waals surface area contributed by atoms with Crippen molar-refractivity contribution >= 4 is 13.6 Å². The van der Waals surface area contributed by atoms with Crippen LogP contribution in [0.3, 0.4) is 0 Å². The Hall–Kier alpha value is -1.29. The predicted molar refractivity (Wildman–Crippen MR) is 63.5 cm³/mol. The molecular weight excluding hydrogens is 293 g/mol. The van der Waals surface area contributed by atoms with E-state index in [1.165, 1.54) is 12.3 Å². The van der Waals surface area contributed by atoms with Crippen LogP contribution in [0.4, 0.5) is 5.82 Å². The van der Waals surface area contributed by atoms with Crippen molar-refractivity contribution < 1.29 is 28.3 Å². The summed E-state index contributed by atoms with van der Waals surface area (Å²) in [7, 11) is -4.19. The van der Waals surface area contributed by atoms with Gasteiger partial charge in [-0.2, -0.15) is 4.98 Å². The molecule has 0 bridgehead atoms. The SMILES string of the molecule is Nc1ccn([C@@H]2OC3COP(=O)(O)OC3[C@@H]2O)c(=O)n1. The van der Waals surface area contributed by atoms with E-state index in [-0.39, 0.29) is 12.4 Å². The van der Waals surface area contributed by atoms with Crippen LogP contribution in [-0.2, 0) is 18.3 Å². The van der Waals surface area contributed by atoms with Crippen molar-refractivity contribution in [1.29, 1.82) is 0 Å². The highest BCUT2D eigenvalue weighted by Gasteiger charge is 2.52. The minimum atomic E-state index is -4.19. The summed E-state index contributed by atoms with van der Waals surface area (Å²) in [5.74, 6) is 0.0376. The molecule has 2 fully saturated rings. The molecule has 3 unspecified atom stereocenters. The third kappa shape index (κ3) is 2.26. The highest BCUT2D eigenvalue weighted by atomic mass is 31.2. The fourth-order valence-corrected chi connectivity index (χ4v) is 3.15. The lowest BCUT2D eigenvalue weighted by Crippen LogP contribution is -2.40. The number of rotatable bonds is 1. The Balaban J connectivity index is 1.90. The maximum Gasteiger partial charge on any atom is 0.472 e. The average Bonchev–Trinajstić information content (AvgIpc) is 2.66. The van der Waals surface area contributed by atoms with Crippen molar-refractivity contribution in [1.82, 2.24) is 9.55 Å². The molecule has 3 rings (SSSR count). The molecule has 5 atom stereocenters. The molecule has 20 heavy (non-hydrogen) atoms. The maximum atomic E-state index is 11.7. The molecule has 0 aromatic carbocycles. The third-order valence-electron chi connectivity index (χ3n) is 3.09. The molecule has 2 aliphatic heterocycles. The van der Waals surface area contributed by atoms with Gasteiger partial charge in [0.2, 0.25) is 0 Å². The Morgan fingerprint density at radius 2 is 2.30 bits per heavy atom. The number of hydrogen-bond donors (Lipinski definition) is 3. The lowest BCUT2D eigenvalue weighted by molar-refractivity contribution is -0.0685. The first-order valence-electron chi connectivity index (χ1n) is 5.71. The average molecular weight is 305 g/mol. The molecule has 10 nitrogen and oxygen atoms in total. The summed E-state index contributed by atoms with van der Waals surface area (Å²) in [6.45, 7) is -0.219. The number of phosphoric ester groups is 1. The van der Waals surface area contributed by atoms with Crippen LogP contribution < -0.4 is 11.4 Å². The Morgan fingerprint density at radius 3 is 3.00 bits per heavy atom. The number of fused-ring (bicyclic) bond motifs is 1. The summed E-state index contributed by atoms with van der Waals surface area (Å²) in [6, 6.07) is 1.37. The Morgan fingerprint density at radius 1 is 1.55 bits per heavy atom. The van der Waals surface area contributed by atoms with Gasteiger partial charge in [0.25, 0.3) is 0 Å². The summed E-state index contributed by atoms with van der Waals surface area (Å²) < 4.78 is 27.2. The first-order chi connectivity index (χ1) is 9.37. The third-order valence-corrected chi connectivity index (χ3v) is 4.08. The van der Waals surface area contributed by atoms with Crippen molar-refractivity contribution in [2.24, 2.45) is 0 Å². The molecule has 0 radical (unpaired) electrons. The smallest absolute Gasteiger partial charge is 0.386 e. The van der Waals surface area contributed by atoms with Gasteiger partial charge in [-0.15, -0.1) is 0 Å². The second kappa shape index (κ2) is 4.62. The molecule has 1 aromatic rings. The van der Waals surface area contributed by atoms with Crippen LogP contribution in [-0.4, -0.2) is 44.5 Å². The number of nitrogen functional groups attached to an aromatic ring is 1.